The van der Waals surface area contributed by atoms with Gasteiger partial charge in [0.2, 0.25) is 5.79 Å². The van der Waals surface area contributed by atoms with Crippen LogP contribution in [-0.2, 0) is 32.4 Å². The standard InChI is InChI=1S/C39H53N3O4P.BrH/c1-5-7-25-39(26-8-6-2)29-33(38(3,43-4)45-46-39)31-44-32-34-30-42(41-40-34)27-18-28-47(35-19-12-9-13-20-35,36-21-14-10-15-22-36)37-23-16-11-17-24-37;/h9-17,19-24,30,33H,5-8,18,25-29,31-32H2,1-4H3;1H/q+1;/p-1/t33-,38-;/m0./s1. The third kappa shape index (κ3) is 9.21. The molecule has 0 saturated carbocycles. The van der Waals surface area contributed by atoms with Gasteiger partial charge < -0.3 is 26.5 Å². The summed E-state index contributed by atoms with van der Waals surface area (Å²) >= 11 is 0. The topological polar surface area (TPSA) is 67.6 Å². The van der Waals surface area contributed by atoms with Crippen molar-refractivity contribution in [2.45, 2.75) is 96.7 Å². The zero-order valence-electron chi connectivity index (χ0n) is 29.1. The average molecular weight is 739 g/mol. The van der Waals surface area contributed by atoms with E-state index in [0.29, 0.717) is 13.2 Å². The maximum absolute atomic E-state index is 6.28. The van der Waals surface area contributed by atoms with Gasteiger partial charge in [-0.3, -0.25) is 4.68 Å². The molecule has 0 radical (unpaired) electrons. The van der Waals surface area contributed by atoms with Crippen molar-refractivity contribution < 1.29 is 36.2 Å². The summed E-state index contributed by atoms with van der Waals surface area (Å²) in [6.07, 6.45) is 11.3. The van der Waals surface area contributed by atoms with Gasteiger partial charge in [-0.05, 0) is 62.6 Å². The molecule has 1 fully saturated rings. The Balaban J connectivity index is 0.00000520. The average Bonchev–Trinajstić information content (AvgIpc) is 3.58. The first kappa shape index (κ1) is 38.4. The molecule has 2 atom stereocenters. The van der Waals surface area contributed by atoms with Crippen molar-refractivity contribution in [1.29, 1.82) is 0 Å². The van der Waals surface area contributed by atoms with Gasteiger partial charge in [0.05, 0.1) is 25.6 Å². The summed E-state index contributed by atoms with van der Waals surface area (Å²) in [6, 6.07) is 33.1. The summed E-state index contributed by atoms with van der Waals surface area (Å²) in [5, 5.41) is 13.2. The van der Waals surface area contributed by atoms with E-state index < -0.39 is 13.0 Å². The van der Waals surface area contributed by atoms with Crippen molar-refractivity contribution in [1.82, 2.24) is 15.0 Å². The molecule has 7 nitrogen and oxygen atoms in total. The van der Waals surface area contributed by atoms with Crippen LogP contribution >= 0.6 is 7.26 Å². The van der Waals surface area contributed by atoms with Crippen LogP contribution in [0, 0.1) is 5.92 Å². The van der Waals surface area contributed by atoms with Gasteiger partial charge >= 0.3 is 0 Å². The highest BCUT2D eigenvalue weighted by Gasteiger charge is 2.50. The molecule has 5 rings (SSSR count). The molecule has 2 heterocycles. The zero-order valence-corrected chi connectivity index (χ0v) is 31.6. The smallest absolute Gasteiger partial charge is 0.203 e. The molecule has 260 valence electrons. The molecule has 0 amide bonds. The van der Waals surface area contributed by atoms with Gasteiger partial charge in [0, 0.05) is 26.0 Å². The maximum Gasteiger partial charge on any atom is 0.203 e. The number of halogens is 1. The van der Waals surface area contributed by atoms with Crippen molar-refractivity contribution in [3.05, 3.63) is 103 Å². The molecule has 9 heteroatoms. The molecule has 1 aromatic heterocycles. The van der Waals surface area contributed by atoms with Gasteiger partial charge in [-0.1, -0.05) is 99.3 Å². The van der Waals surface area contributed by atoms with Crippen LogP contribution in [0.4, 0.5) is 0 Å². The number of benzene rings is 3. The Labute approximate surface area is 298 Å². The number of ether oxygens (including phenoxy) is 2. The van der Waals surface area contributed by atoms with Gasteiger partial charge in [0.25, 0.3) is 0 Å². The van der Waals surface area contributed by atoms with E-state index in [1.807, 2.05) is 17.8 Å². The first-order valence-corrected chi connectivity index (χ1v) is 19.4. The Morgan fingerprint density at radius 3 is 1.85 bits per heavy atom. The number of hydrogen-bond donors (Lipinski definition) is 0. The van der Waals surface area contributed by atoms with E-state index in [-0.39, 0.29) is 28.5 Å². The van der Waals surface area contributed by atoms with Crippen LogP contribution in [0.5, 0.6) is 0 Å². The Hall–Kier alpha value is -2.45. The van der Waals surface area contributed by atoms with Gasteiger partial charge in [-0.15, -0.1) is 5.10 Å². The first-order valence-electron chi connectivity index (χ1n) is 17.4. The number of rotatable bonds is 18. The fourth-order valence-corrected chi connectivity index (χ4v) is 11.2. The predicted octanol–water partition coefficient (Wildman–Crippen LogP) is 4.63. The molecule has 0 spiro atoms. The molecule has 0 N–H and O–H groups in total. The summed E-state index contributed by atoms with van der Waals surface area (Å²) in [6.45, 7) is 8.07. The van der Waals surface area contributed by atoms with Gasteiger partial charge in [-0.2, -0.15) is 0 Å². The van der Waals surface area contributed by atoms with Crippen LogP contribution < -0.4 is 32.9 Å². The lowest BCUT2D eigenvalue weighted by molar-refractivity contribution is -0.502. The van der Waals surface area contributed by atoms with Crippen molar-refractivity contribution in [3.63, 3.8) is 0 Å². The highest BCUT2D eigenvalue weighted by atomic mass is 79.9. The molecule has 1 aliphatic heterocycles. The van der Waals surface area contributed by atoms with E-state index in [0.717, 1.165) is 69.8 Å². The van der Waals surface area contributed by atoms with E-state index >= 15 is 0 Å². The minimum Gasteiger partial charge on any atom is -1.00 e. The minimum absolute atomic E-state index is 0. The zero-order chi connectivity index (χ0) is 33.0. The Morgan fingerprint density at radius 1 is 0.812 bits per heavy atom. The highest BCUT2D eigenvalue weighted by Crippen LogP contribution is 2.55. The third-order valence-corrected chi connectivity index (χ3v) is 14.3. The van der Waals surface area contributed by atoms with Gasteiger partial charge in [0.15, 0.2) is 0 Å². The number of aromatic nitrogens is 3. The van der Waals surface area contributed by atoms with Crippen LogP contribution in [-0.4, -0.2) is 46.3 Å². The van der Waals surface area contributed by atoms with E-state index in [1.54, 1.807) is 7.11 Å². The largest absolute Gasteiger partial charge is 1.00 e. The van der Waals surface area contributed by atoms with Crippen molar-refractivity contribution >= 4 is 23.2 Å². The fraction of sp³-hybridized carbons (Fsp3) is 0.487. The van der Waals surface area contributed by atoms with Crippen LogP contribution in [0.3, 0.4) is 0 Å². The Morgan fingerprint density at radius 2 is 1.35 bits per heavy atom. The normalized spacial score (nSPS) is 19.1. The fourth-order valence-electron chi connectivity index (χ4n) is 6.90. The maximum atomic E-state index is 6.28. The summed E-state index contributed by atoms with van der Waals surface area (Å²) in [5.74, 6) is -0.818. The second-order valence-electron chi connectivity index (χ2n) is 13.1. The summed E-state index contributed by atoms with van der Waals surface area (Å²) < 4.78 is 14.1. The third-order valence-electron chi connectivity index (χ3n) is 9.75. The molecule has 0 unspecified atom stereocenters. The molecule has 0 aliphatic carbocycles. The monoisotopic (exact) mass is 737 g/mol. The minimum atomic E-state index is -1.88. The Bertz CT molecular complexity index is 1370. The quantitative estimate of drug-likeness (QED) is 0.110. The predicted molar refractivity (Wildman–Crippen MR) is 192 cm³/mol. The van der Waals surface area contributed by atoms with Crippen molar-refractivity contribution in [2.75, 3.05) is 19.9 Å². The number of nitrogens with zero attached hydrogens (tertiary/aromatic N) is 3. The second kappa shape index (κ2) is 18.5. The summed E-state index contributed by atoms with van der Waals surface area (Å²) in [4.78, 5) is 12.1. The second-order valence-corrected chi connectivity index (χ2v) is 16.7. The van der Waals surface area contributed by atoms with Crippen molar-refractivity contribution in [2.24, 2.45) is 5.92 Å². The van der Waals surface area contributed by atoms with E-state index in [4.69, 9.17) is 19.2 Å². The Kier molecular flexibility index (Phi) is 14.8. The number of methoxy groups -OCH3 is 1. The molecular weight excluding hydrogens is 685 g/mol. The van der Waals surface area contributed by atoms with E-state index in [2.05, 4.69) is 115 Å². The molecule has 4 aromatic rings. The molecule has 48 heavy (non-hydrogen) atoms. The number of hydrogen-bond acceptors (Lipinski definition) is 6. The lowest BCUT2D eigenvalue weighted by Gasteiger charge is -2.47. The first-order chi connectivity index (χ1) is 23.0. The number of unbranched alkanes of at least 4 members (excludes halogenated alkanes) is 2. The van der Waals surface area contributed by atoms with E-state index in [9.17, 15) is 0 Å². The molecule has 1 saturated heterocycles. The number of aryl methyl sites for hydroxylation is 1. The molecule has 0 bridgehead atoms. The summed E-state index contributed by atoms with van der Waals surface area (Å²) in [7, 11) is -0.200. The molecular formula is C39H53BrN3O4P. The molecule has 1 aliphatic rings. The SMILES string of the molecule is CCCCC1(CCCC)C[C@@H](COCc2cn(CCC[P+](c3ccccc3)(c3ccccc3)c3ccccc3)nn2)[C@@](C)(OC)OO1.[Br-]. The van der Waals surface area contributed by atoms with Crippen LogP contribution in [0.15, 0.2) is 97.2 Å². The van der Waals surface area contributed by atoms with Crippen LogP contribution in [0.1, 0.15) is 77.8 Å². The van der Waals surface area contributed by atoms with E-state index in [1.165, 1.54) is 15.9 Å². The molecule has 3 aromatic carbocycles. The lowest BCUT2D eigenvalue weighted by Crippen LogP contribution is -3.00. The van der Waals surface area contributed by atoms with Gasteiger partial charge in [0.1, 0.15) is 34.5 Å². The lowest BCUT2D eigenvalue weighted by atomic mass is 9.79. The highest BCUT2D eigenvalue weighted by molar-refractivity contribution is 7.95. The van der Waals surface area contributed by atoms with Crippen LogP contribution in [0.25, 0.3) is 0 Å². The summed E-state index contributed by atoms with van der Waals surface area (Å²) in [5.41, 5.74) is 0.536. The van der Waals surface area contributed by atoms with Crippen LogP contribution in [0.2, 0.25) is 0 Å². The van der Waals surface area contributed by atoms with Crippen molar-refractivity contribution in [3.8, 4) is 0 Å². The van der Waals surface area contributed by atoms with Gasteiger partial charge in [-0.25, -0.2) is 9.78 Å².